The maximum Gasteiger partial charge on any atom is 0.318 e. The lowest BCUT2D eigenvalue weighted by atomic mass is 10.0. The van der Waals surface area contributed by atoms with Crippen molar-refractivity contribution in [2.45, 2.75) is 45.2 Å². The van der Waals surface area contributed by atoms with Gasteiger partial charge in [-0.2, -0.15) is 0 Å². The molecule has 2 amide bonds. The van der Waals surface area contributed by atoms with Gasteiger partial charge < -0.3 is 10.2 Å². The number of hydrogen-bond acceptors (Lipinski definition) is 4. The van der Waals surface area contributed by atoms with Gasteiger partial charge in [-0.3, -0.25) is 4.98 Å². The van der Waals surface area contributed by atoms with Crippen LogP contribution >= 0.6 is 11.3 Å². The minimum atomic E-state index is -0.0198. The van der Waals surface area contributed by atoms with Crippen LogP contribution in [0.4, 0.5) is 4.79 Å². The number of likely N-dealkylation sites (tertiary alicyclic amines) is 1. The highest BCUT2D eigenvalue weighted by Crippen LogP contribution is 2.31. The second-order valence-electron chi connectivity index (χ2n) is 5.74. The molecule has 1 unspecified atom stereocenters. The van der Waals surface area contributed by atoms with Crippen molar-refractivity contribution in [3.8, 4) is 0 Å². The summed E-state index contributed by atoms with van der Waals surface area (Å²) in [5.41, 5.74) is 2.14. The molecule has 0 radical (unpaired) electrons. The Kier molecular flexibility index (Phi) is 5.23. The number of amides is 2. The number of pyridine rings is 1. The van der Waals surface area contributed by atoms with Crippen LogP contribution in [0.15, 0.2) is 29.9 Å². The zero-order valence-corrected chi connectivity index (χ0v) is 14.2. The lowest BCUT2D eigenvalue weighted by molar-refractivity contribution is 0.151. The van der Waals surface area contributed by atoms with E-state index in [1.54, 1.807) is 17.5 Å². The Morgan fingerprint density at radius 3 is 3.09 bits per heavy atom. The molecular formula is C17H22N4OS. The summed E-state index contributed by atoms with van der Waals surface area (Å²) in [7, 11) is 0. The molecule has 1 N–H and O–H groups in total. The van der Waals surface area contributed by atoms with Gasteiger partial charge in [-0.25, -0.2) is 9.78 Å². The highest BCUT2D eigenvalue weighted by molar-refractivity contribution is 7.09. The second kappa shape index (κ2) is 7.55. The highest BCUT2D eigenvalue weighted by atomic mass is 32.1. The SMILES string of the molecule is CCc1ccnc(CNC(=O)N2CCCCC2c2nccs2)c1. The largest absolute Gasteiger partial charge is 0.332 e. The molecule has 23 heavy (non-hydrogen) atoms. The third-order valence-corrected chi connectivity index (χ3v) is 5.09. The molecule has 1 saturated heterocycles. The Bertz CT molecular complexity index is 644. The van der Waals surface area contributed by atoms with Crippen molar-refractivity contribution >= 4 is 17.4 Å². The van der Waals surface area contributed by atoms with Crippen LogP contribution in [0.3, 0.4) is 0 Å². The van der Waals surface area contributed by atoms with E-state index in [0.717, 1.165) is 42.9 Å². The molecule has 0 aromatic carbocycles. The van der Waals surface area contributed by atoms with E-state index in [-0.39, 0.29) is 12.1 Å². The molecule has 2 aromatic heterocycles. The van der Waals surface area contributed by atoms with E-state index in [9.17, 15) is 4.79 Å². The first-order chi connectivity index (χ1) is 11.3. The molecule has 1 fully saturated rings. The summed E-state index contributed by atoms with van der Waals surface area (Å²) in [6.45, 7) is 3.37. The third-order valence-electron chi connectivity index (χ3n) is 4.21. The molecule has 122 valence electrons. The van der Waals surface area contributed by atoms with Crippen molar-refractivity contribution in [3.05, 3.63) is 46.2 Å². The average molecular weight is 330 g/mol. The Morgan fingerprint density at radius 1 is 1.39 bits per heavy atom. The number of piperidine rings is 1. The van der Waals surface area contributed by atoms with Crippen LogP contribution in [0.2, 0.25) is 0 Å². The van der Waals surface area contributed by atoms with Crippen molar-refractivity contribution in [3.63, 3.8) is 0 Å². The van der Waals surface area contributed by atoms with Gasteiger partial charge in [0.25, 0.3) is 0 Å². The van der Waals surface area contributed by atoms with E-state index in [1.807, 2.05) is 22.5 Å². The lowest BCUT2D eigenvalue weighted by Gasteiger charge is -2.34. The Balaban J connectivity index is 1.64. The standard InChI is InChI=1S/C17H22N4OS/c1-2-13-6-7-18-14(11-13)12-20-17(22)21-9-4-3-5-15(21)16-19-8-10-23-16/h6-8,10-11,15H,2-5,9,12H2,1H3,(H,20,22). The smallest absolute Gasteiger partial charge is 0.318 e. The van der Waals surface area contributed by atoms with Gasteiger partial charge in [0.05, 0.1) is 18.3 Å². The Morgan fingerprint density at radius 2 is 2.30 bits per heavy atom. The van der Waals surface area contributed by atoms with Crippen molar-refractivity contribution in [1.82, 2.24) is 20.2 Å². The van der Waals surface area contributed by atoms with Crippen molar-refractivity contribution in [1.29, 1.82) is 0 Å². The predicted octanol–water partition coefficient (Wildman–Crippen LogP) is 3.54. The maximum atomic E-state index is 12.6. The summed E-state index contributed by atoms with van der Waals surface area (Å²) >= 11 is 1.62. The number of hydrogen-bond donors (Lipinski definition) is 1. The van der Waals surface area contributed by atoms with Crippen molar-refractivity contribution in [2.24, 2.45) is 0 Å². The van der Waals surface area contributed by atoms with Crippen LogP contribution in [0.5, 0.6) is 0 Å². The van der Waals surface area contributed by atoms with Crippen molar-refractivity contribution in [2.75, 3.05) is 6.54 Å². The number of aryl methyl sites for hydroxylation is 1. The number of urea groups is 1. The number of aromatic nitrogens is 2. The van der Waals surface area contributed by atoms with E-state index in [4.69, 9.17) is 0 Å². The number of thiazole rings is 1. The molecule has 3 heterocycles. The summed E-state index contributed by atoms with van der Waals surface area (Å²) in [4.78, 5) is 23.2. The molecule has 0 aliphatic carbocycles. The highest BCUT2D eigenvalue weighted by Gasteiger charge is 2.29. The molecule has 3 rings (SSSR count). The van der Waals surface area contributed by atoms with Crippen LogP contribution < -0.4 is 5.32 Å². The van der Waals surface area contributed by atoms with E-state index in [2.05, 4.69) is 28.3 Å². The van der Waals surface area contributed by atoms with Gasteiger partial charge in [0, 0.05) is 24.3 Å². The molecule has 1 atom stereocenters. The first-order valence-electron chi connectivity index (χ1n) is 8.15. The summed E-state index contributed by atoms with van der Waals surface area (Å²) < 4.78 is 0. The molecule has 0 spiro atoms. The van der Waals surface area contributed by atoms with Gasteiger partial charge >= 0.3 is 6.03 Å². The average Bonchev–Trinajstić information content (AvgIpc) is 3.14. The molecule has 6 heteroatoms. The van der Waals surface area contributed by atoms with Crippen LogP contribution in [-0.4, -0.2) is 27.4 Å². The van der Waals surface area contributed by atoms with Crippen LogP contribution in [-0.2, 0) is 13.0 Å². The van der Waals surface area contributed by atoms with Gasteiger partial charge in [0.15, 0.2) is 0 Å². The Labute approximate surface area is 140 Å². The topological polar surface area (TPSA) is 58.1 Å². The first kappa shape index (κ1) is 15.9. The minimum absolute atomic E-state index is 0.0198. The minimum Gasteiger partial charge on any atom is -0.332 e. The van der Waals surface area contributed by atoms with Gasteiger partial charge in [-0.1, -0.05) is 6.92 Å². The van der Waals surface area contributed by atoms with E-state index in [0.29, 0.717) is 6.54 Å². The number of rotatable bonds is 4. The summed E-state index contributed by atoms with van der Waals surface area (Å²) in [5.74, 6) is 0. The number of carbonyl (C=O) groups excluding carboxylic acids is 1. The molecule has 1 aliphatic rings. The fourth-order valence-electron chi connectivity index (χ4n) is 2.94. The van der Waals surface area contributed by atoms with Crippen LogP contribution in [0.1, 0.15) is 48.5 Å². The Hall–Kier alpha value is -1.95. The fourth-order valence-corrected chi connectivity index (χ4v) is 3.73. The molecular weight excluding hydrogens is 308 g/mol. The van der Waals surface area contributed by atoms with Crippen LogP contribution in [0.25, 0.3) is 0 Å². The maximum absolute atomic E-state index is 12.6. The molecule has 2 aromatic rings. The van der Waals surface area contributed by atoms with E-state index in [1.165, 1.54) is 5.56 Å². The second-order valence-corrected chi connectivity index (χ2v) is 6.67. The third kappa shape index (κ3) is 3.88. The van der Waals surface area contributed by atoms with Crippen LogP contribution in [0, 0.1) is 0 Å². The molecule has 5 nitrogen and oxygen atoms in total. The van der Waals surface area contributed by atoms with Gasteiger partial charge in [-0.05, 0) is 43.4 Å². The number of nitrogens with zero attached hydrogens (tertiary/aromatic N) is 3. The normalized spacial score (nSPS) is 18.0. The zero-order valence-electron chi connectivity index (χ0n) is 13.4. The number of nitrogens with one attached hydrogen (secondary N) is 1. The first-order valence-corrected chi connectivity index (χ1v) is 9.03. The summed E-state index contributed by atoms with van der Waals surface area (Å²) in [6.07, 6.45) is 7.78. The monoisotopic (exact) mass is 330 g/mol. The quantitative estimate of drug-likeness (QED) is 0.933. The predicted molar refractivity (Wildman–Crippen MR) is 91.3 cm³/mol. The van der Waals surface area contributed by atoms with Gasteiger partial charge in [0.2, 0.25) is 0 Å². The molecule has 1 aliphatic heterocycles. The zero-order chi connectivity index (χ0) is 16.1. The van der Waals surface area contributed by atoms with Gasteiger partial charge in [-0.15, -0.1) is 11.3 Å². The molecule has 0 bridgehead atoms. The number of carbonyl (C=O) groups is 1. The fraction of sp³-hybridized carbons (Fsp3) is 0.471. The summed E-state index contributed by atoms with van der Waals surface area (Å²) in [6, 6.07) is 4.15. The lowest BCUT2D eigenvalue weighted by Crippen LogP contribution is -2.44. The van der Waals surface area contributed by atoms with Crippen molar-refractivity contribution < 1.29 is 4.79 Å². The van der Waals surface area contributed by atoms with E-state index < -0.39 is 0 Å². The van der Waals surface area contributed by atoms with E-state index >= 15 is 0 Å². The van der Waals surface area contributed by atoms with Gasteiger partial charge in [0.1, 0.15) is 5.01 Å². The molecule has 0 saturated carbocycles. The summed E-state index contributed by atoms with van der Waals surface area (Å²) in [5, 5.41) is 6.02.